The van der Waals surface area contributed by atoms with E-state index in [9.17, 15) is 0 Å². The van der Waals surface area contributed by atoms with Gasteiger partial charge in [0.1, 0.15) is 5.52 Å². The Balaban J connectivity index is 2.07. The minimum absolute atomic E-state index is 0.124. The average Bonchev–Trinajstić information content (AvgIpc) is 2.62. The van der Waals surface area contributed by atoms with Gasteiger partial charge in [0.2, 0.25) is 5.95 Å². The van der Waals surface area contributed by atoms with Crippen molar-refractivity contribution < 1.29 is 4.74 Å². The number of pyridine rings is 1. The quantitative estimate of drug-likeness (QED) is 0.875. The molecule has 3 rings (SSSR count). The lowest BCUT2D eigenvalue weighted by Crippen LogP contribution is -2.35. The van der Waals surface area contributed by atoms with E-state index in [4.69, 9.17) is 10.5 Å². The van der Waals surface area contributed by atoms with Crippen molar-refractivity contribution in [2.45, 2.75) is 38.3 Å². The number of fused-ring (bicyclic) bond motifs is 1. The molecule has 2 N–H and O–H groups in total. The Kier molecular flexibility index (Phi) is 3.02. The lowest BCUT2D eigenvalue weighted by Gasteiger charge is -2.36. The average molecular weight is 325 g/mol. The topological polar surface area (TPSA) is 66.0 Å². The number of nitrogens with zero attached hydrogens (tertiary/aromatic N) is 3. The number of halogens is 1. The molecule has 0 aliphatic carbocycles. The van der Waals surface area contributed by atoms with Crippen LogP contribution in [0.5, 0.6) is 0 Å². The largest absolute Gasteiger partial charge is 0.375 e. The van der Waals surface area contributed by atoms with Gasteiger partial charge < -0.3 is 10.5 Å². The van der Waals surface area contributed by atoms with E-state index in [2.05, 4.69) is 39.7 Å². The van der Waals surface area contributed by atoms with Gasteiger partial charge in [-0.15, -0.1) is 0 Å². The third-order valence-corrected chi connectivity index (χ3v) is 3.99. The summed E-state index contributed by atoms with van der Waals surface area (Å²) in [4.78, 5) is 8.86. The van der Waals surface area contributed by atoms with Crippen LogP contribution in [0.4, 0.5) is 5.95 Å². The standard InChI is InChI=1S/C13H17BrN4O/c1-13(2)6-9(3-4-19-13)18-11-10(17-12(18)15)5-8(14)7-16-11/h5,7,9H,3-4,6H2,1-2H3,(H2,15,17). The van der Waals surface area contributed by atoms with E-state index in [1.165, 1.54) is 0 Å². The van der Waals surface area contributed by atoms with Crippen molar-refractivity contribution in [2.24, 2.45) is 0 Å². The smallest absolute Gasteiger partial charge is 0.202 e. The molecule has 3 heterocycles. The summed E-state index contributed by atoms with van der Waals surface area (Å²) in [5.74, 6) is 0.531. The van der Waals surface area contributed by atoms with E-state index in [1.54, 1.807) is 6.20 Å². The molecular weight excluding hydrogens is 308 g/mol. The van der Waals surface area contributed by atoms with Gasteiger partial charge in [0.15, 0.2) is 5.65 Å². The third-order valence-electron chi connectivity index (χ3n) is 3.56. The summed E-state index contributed by atoms with van der Waals surface area (Å²) in [5, 5.41) is 0. The van der Waals surface area contributed by atoms with Gasteiger partial charge in [-0.3, -0.25) is 4.57 Å². The van der Waals surface area contributed by atoms with Crippen molar-refractivity contribution in [2.75, 3.05) is 12.3 Å². The molecule has 6 heteroatoms. The zero-order valence-electron chi connectivity index (χ0n) is 11.1. The van der Waals surface area contributed by atoms with Gasteiger partial charge in [0, 0.05) is 23.3 Å². The maximum absolute atomic E-state index is 6.08. The number of rotatable bonds is 1. The Morgan fingerprint density at radius 3 is 3.05 bits per heavy atom. The lowest BCUT2D eigenvalue weighted by atomic mass is 9.94. The number of ether oxygens (including phenoxy) is 1. The number of anilines is 1. The van der Waals surface area contributed by atoms with Crippen LogP contribution in [0.3, 0.4) is 0 Å². The minimum atomic E-state index is -0.124. The third kappa shape index (κ3) is 2.34. The zero-order chi connectivity index (χ0) is 13.6. The van der Waals surface area contributed by atoms with Crippen LogP contribution >= 0.6 is 15.9 Å². The second kappa shape index (κ2) is 4.45. The van der Waals surface area contributed by atoms with Gasteiger partial charge in [-0.25, -0.2) is 9.97 Å². The van der Waals surface area contributed by atoms with Crippen LogP contribution in [0.2, 0.25) is 0 Å². The number of nitrogens with two attached hydrogens (primary N) is 1. The van der Waals surface area contributed by atoms with Crippen molar-refractivity contribution in [1.82, 2.24) is 14.5 Å². The van der Waals surface area contributed by atoms with Gasteiger partial charge >= 0.3 is 0 Å². The normalized spacial score (nSPS) is 22.8. The highest BCUT2D eigenvalue weighted by atomic mass is 79.9. The number of aromatic nitrogens is 3. The second-order valence-corrected chi connectivity index (χ2v) is 6.51. The summed E-state index contributed by atoms with van der Waals surface area (Å²) >= 11 is 3.41. The molecule has 2 aromatic heterocycles. The molecular formula is C13H17BrN4O. The van der Waals surface area contributed by atoms with E-state index in [0.29, 0.717) is 12.0 Å². The summed E-state index contributed by atoms with van der Waals surface area (Å²) in [7, 11) is 0. The molecule has 1 atom stereocenters. The molecule has 1 unspecified atom stereocenters. The number of hydrogen-bond acceptors (Lipinski definition) is 4. The Morgan fingerprint density at radius 2 is 2.32 bits per heavy atom. The van der Waals surface area contributed by atoms with Crippen molar-refractivity contribution in [3.8, 4) is 0 Å². The van der Waals surface area contributed by atoms with Crippen molar-refractivity contribution in [3.63, 3.8) is 0 Å². The highest BCUT2D eigenvalue weighted by Gasteiger charge is 2.31. The molecule has 1 saturated heterocycles. The fraction of sp³-hybridized carbons (Fsp3) is 0.538. The molecule has 0 spiro atoms. The summed E-state index contributed by atoms with van der Waals surface area (Å²) in [5.41, 5.74) is 7.64. The molecule has 2 aromatic rings. The van der Waals surface area contributed by atoms with Crippen LogP contribution in [-0.4, -0.2) is 26.7 Å². The maximum atomic E-state index is 6.08. The summed E-state index contributed by atoms with van der Waals surface area (Å²) in [6.07, 6.45) is 3.64. The number of nitrogen functional groups attached to an aromatic ring is 1. The fourth-order valence-electron chi connectivity index (χ4n) is 2.76. The van der Waals surface area contributed by atoms with Crippen molar-refractivity contribution in [3.05, 3.63) is 16.7 Å². The molecule has 19 heavy (non-hydrogen) atoms. The monoisotopic (exact) mass is 324 g/mol. The van der Waals surface area contributed by atoms with Gasteiger partial charge in [-0.05, 0) is 48.7 Å². The van der Waals surface area contributed by atoms with Gasteiger partial charge in [0.25, 0.3) is 0 Å². The molecule has 5 nitrogen and oxygen atoms in total. The van der Waals surface area contributed by atoms with E-state index >= 15 is 0 Å². The summed E-state index contributed by atoms with van der Waals surface area (Å²) in [6, 6.07) is 2.24. The molecule has 0 saturated carbocycles. The highest BCUT2D eigenvalue weighted by molar-refractivity contribution is 9.10. The van der Waals surface area contributed by atoms with Crippen LogP contribution in [0, 0.1) is 0 Å². The van der Waals surface area contributed by atoms with Gasteiger partial charge in [0.05, 0.1) is 5.60 Å². The molecule has 1 aliphatic heterocycles. The molecule has 102 valence electrons. The van der Waals surface area contributed by atoms with E-state index in [-0.39, 0.29) is 5.60 Å². The lowest BCUT2D eigenvalue weighted by molar-refractivity contribution is -0.0682. The minimum Gasteiger partial charge on any atom is -0.375 e. The number of hydrogen-bond donors (Lipinski definition) is 1. The van der Waals surface area contributed by atoms with E-state index in [0.717, 1.165) is 35.1 Å². The number of imidazole rings is 1. The van der Waals surface area contributed by atoms with Crippen LogP contribution in [0.25, 0.3) is 11.2 Å². The first-order valence-electron chi connectivity index (χ1n) is 6.39. The van der Waals surface area contributed by atoms with Crippen LogP contribution < -0.4 is 5.73 Å². The molecule has 0 aromatic carbocycles. The zero-order valence-corrected chi connectivity index (χ0v) is 12.6. The molecule has 0 radical (unpaired) electrons. The Labute approximate surface area is 120 Å². The van der Waals surface area contributed by atoms with Crippen LogP contribution in [0.15, 0.2) is 16.7 Å². The van der Waals surface area contributed by atoms with Crippen LogP contribution in [0.1, 0.15) is 32.7 Å². The van der Waals surface area contributed by atoms with Crippen LogP contribution in [-0.2, 0) is 4.74 Å². The Morgan fingerprint density at radius 1 is 1.53 bits per heavy atom. The summed E-state index contributed by atoms with van der Waals surface area (Å²) < 4.78 is 8.72. The molecule has 0 bridgehead atoms. The fourth-order valence-corrected chi connectivity index (χ4v) is 3.07. The second-order valence-electron chi connectivity index (χ2n) is 5.59. The first kappa shape index (κ1) is 12.9. The van der Waals surface area contributed by atoms with E-state index < -0.39 is 0 Å². The molecule has 0 amide bonds. The Bertz CT molecular complexity index is 622. The van der Waals surface area contributed by atoms with Crippen molar-refractivity contribution >= 4 is 33.0 Å². The SMILES string of the molecule is CC1(C)CC(n2c(N)nc3cc(Br)cnc32)CCO1. The molecule has 1 fully saturated rings. The first-order chi connectivity index (χ1) is 8.96. The molecule has 1 aliphatic rings. The maximum Gasteiger partial charge on any atom is 0.202 e. The van der Waals surface area contributed by atoms with Crippen molar-refractivity contribution in [1.29, 1.82) is 0 Å². The van der Waals surface area contributed by atoms with Gasteiger partial charge in [-0.2, -0.15) is 0 Å². The first-order valence-corrected chi connectivity index (χ1v) is 7.18. The predicted molar refractivity (Wildman–Crippen MR) is 77.9 cm³/mol. The van der Waals surface area contributed by atoms with E-state index in [1.807, 2.05) is 10.6 Å². The predicted octanol–water partition coefficient (Wildman–Crippen LogP) is 2.91. The summed E-state index contributed by atoms with van der Waals surface area (Å²) in [6.45, 7) is 4.96. The highest BCUT2D eigenvalue weighted by Crippen LogP contribution is 2.35. The Hall–Kier alpha value is -1.14. The van der Waals surface area contributed by atoms with Gasteiger partial charge in [-0.1, -0.05) is 0 Å².